The second kappa shape index (κ2) is 54.2. The summed E-state index contributed by atoms with van der Waals surface area (Å²) >= 11 is 0. The molecule has 0 rings (SSSR count). The summed E-state index contributed by atoms with van der Waals surface area (Å²) in [7, 11) is 1.45. The summed E-state index contributed by atoms with van der Waals surface area (Å²) in [5.74, 6) is -0.819. The zero-order valence-corrected chi connectivity index (χ0v) is 48.7. The van der Waals surface area contributed by atoms with Gasteiger partial charge in [0.25, 0.3) is 0 Å². The molecule has 0 heterocycles. The Bertz CT molecular complexity index is 1660. The summed E-state index contributed by atoms with van der Waals surface area (Å²) in [6, 6.07) is 0. The fraction of sp³-hybridized carbons (Fsp3) is 0.656. The second-order valence-electron chi connectivity index (χ2n) is 20.3. The molecule has 2 atom stereocenters. The molecule has 0 amide bonds. The fourth-order valence-electron chi connectivity index (χ4n) is 7.54. The van der Waals surface area contributed by atoms with Crippen molar-refractivity contribution < 1.29 is 42.1 Å². The highest BCUT2D eigenvalue weighted by Crippen LogP contribution is 2.43. The van der Waals surface area contributed by atoms with Gasteiger partial charge in [-0.1, -0.05) is 225 Å². The number of likely N-dealkylation sites (N-methyl/N-ethyl adjacent to an activating group) is 1. The smallest absolute Gasteiger partial charge is 0.462 e. The number of ether oxygens (including phenoxy) is 2. The van der Waals surface area contributed by atoms with E-state index < -0.39 is 26.5 Å². The van der Waals surface area contributed by atoms with E-state index in [0.717, 1.165) is 122 Å². The SMILES string of the molecule is CC/C=C\C/C=C\C/C=C\C/C=C\C/C=C\C/C=C\C/C=C\CCCCCCCCCCCCCC(=O)OC(COC(=O)CCCCCCCCC/C=C\C/C=C\C/C=C\CC)COP(=O)(O)OCC[N+](C)(C)C. The Labute approximate surface area is 454 Å². The lowest BCUT2D eigenvalue weighted by Gasteiger charge is -2.24. The number of hydrogen-bond donors (Lipinski definition) is 1. The average Bonchev–Trinajstić information content (AvgIpc) is 3.36. The highest BCUT2D eigenvalue weighted by atomic mass is 31.2. The number of carbonyl (C=O) groups excluding carboxylic acids is 2. The van der Waals surface area contributed by atoms with Gasteiger partial charge in [-0.25, -0.2) is 4.57 Å². The molecule has 0 aliphatic heterocycles. The summed E-state index contributed by atoms with van der Waals surface area (Å²) in [6.07, 6.45) is 76.9. The molecule has 10 heteroatoms. The Morgan fingerprint density at radius 3 is 1.08 bits per heavy atom. The maximum atomic E-state index is 12.8. The molecule has 0 bridgehead atoms. The lowest BCUT2D eigenvalue weighted by atomic mass is 10.0. The zero-order valence-electron chi connectivity index (χ0n) is 47.8. The first-order valence-electron chi connectivity index (χ1n) is 29.3. The highest BCUT2D eigenvalue weighted by Gasteiger charge is 2.27. The molecule has 0 saturated heterocycles. The molecule has 0 aromatic carbocycles. The van der Waals surface area contributed by atoms with Crippen LogP contribution in [0, 0.1) is 0 Å². The first-order valence-corrected chi connectivity index (χ1v) is 30.8. The first kappa shape index (κ1) is 70.4. The summed E-state index contributed by atoms with van der Waals surface area (Å²) < 4.78 is 34.5. The predicted octanol–water partition coefficient (Wildman–Crippen LogP) is 18.4. The Morgan fingerprint density at radius 2 is 0.730 bits per heavy atom. The van der Waals surface area contributed by atoms with Gasteiger partial charge in [0, 0.05) is 12.8 Å². The number of rotatable bonds is 52. The fourth-order valence-corrected chi connectivity index (χ4v) is 8.28. The number of esters is 2. The number of nitrogens with zero attached hydrogens (tertiary/aromatic N) is 1. The molecule has 1 N–H and O–H groups in total. The normalized spacial score (nSPS) is 14.2. The zero-order chi connectivity index (χ0) is 54.2. The Morgan fingerprint density at radius 1 is 0.419 bits per heavy atom. The second-order valence-corrected chi connectivity index (χ2v) is 21.7. The minimum absolute atomic E-state index is 0.0234. The molecule has 2 unspecified atom stereocenters. The highest BCUT2D eigenvalue weighted by molar-refractivity contribution is 7.47. The number of phosphoric ester groups is 1. The number of quaternary nitrogens is 1. The van der Waals surface area contributed by atoms with Crippen LogP contribution in [0.25, 0.3) is 0 Å². The number of allylic oxidation sites excluding steroid dienone is 20. The molecule has 9 nitrogen and oxygen atoms in total. The van der Waals surface area contributed by atoms with Gasteiger partial charge < -0.3 is 18.9 Å². The molecule has 0 saturated carbocycles. The van der Waals surface area contributed by atoms with E-state index in [0.29, 0.717) is 17.4 Å². The van der Waals surface area contributed by atoms with Gasteiger partial charge in [0.1, 0.15) is 19.8 Å². The van der Waals surface area contributed by atoms with Crippen LogP contribution in [0.5, 0.6) is 0 Å². The van der Waals surface area contributed by atoms with Gasteiger partial charge in [0.05, 0.1) is 27.7 Å². The molecule has 0 fully saturated rings. The molecular formula is C64H109NO8P+. The van der Waals surface area contributed by atoms with Gasteiger partial charge in [0.2, 0.25) is 0 Å². The van der Waals surface area contributed by atoms with Gasteiger partial charge in [-0.05, 0) is 103 Å². The largest absolute Gasteiger partial charge is 0.472 e. The molecule has 74 heavy (non-hydrogen) atoms. The van der Waals surface area contributed by atoms with E-state index >= 15 is 0 Å². The molecule has 0 radical (unpaired) electrons. The molecular weight excluding hydrogens is 942 g/mol. The molecule has 0 aromatic rings. The van der Waals surface area contributed by atoms with E-state index in [2.05, 4.69) is 135 Å². The quantitative estimate of drug-likeness (QED) is 0.0211. The number of carbonyl (C=O) groups is 2. The van der Waals surface area contributed by atoms with Crippen molar-refractivity contribution in [3.8, 4) is 0 Å². The standard InChI is InChI=1S/C64H108NO8P/c1-6-8-10-12-14-16-18-20-22-24-25-26-27-28-29-30-31-32-33-34-35-36-37-38-39-41-43-45-47-49-51-53-55-57-64(67)73-62(61-72-74(68,69)71-59-58-65(3,4)5)60-70-63(66)56-54-52-50-48-46-44-42-40-23-21-19-17-15-13-11-9-7-2/h8-11,14-17,20-23,25-26,28-29,31-32,34-35,62H,6-7,12-13,18-19,24,27,30,33,36-61H2,1-5H3/p+1/b10-8-,11-9-,16-14-,17-15-,22-20-,23-21-,26-25-,29-28-,32-31-,35-34-. The summed E-state index contributed by atoms with van der Waals surface area (Å²) in [5, 5.41) is 0. The van der Waals surface area contributed by atoms with Crippen LogP contribution < -0.4 is 0 Å². The monoisotopic (exact) mass is 1050 g/mol. The van der Waals surface area contributed by atoms with E-state index in [1.54, 1.807) is 0 Å². The van der Waals surface area contributed by atoms with Crippen LogP contribution in [0.15, 0.2) is 122 Å². The van der Waals surface area contributed by atoms with Crippen LogP contribution in [0.2, 0.25) is 0 Å². The van der Waals surface area contributed by atoms with Crippen molar-refractivity contribution in [2.45, 2.75) is 225 Å². The third-order valence-electron chi connectivity index (χ3n) is 12.0. The van der Waals surface area contributed by atoms with E-state index in [1.165, 1.54) is 64.2 Å². The first-order chi connectivity index (χ1) is 36.0. The van der Waals surface area contributed by atoms with E-state index in [1.807, 2.05) is 21.1 Å². The number of phosphoric acid groups is 1. The van der Waals surface area contributed by atoms with E-state index in [-0.39, 0.29) is 32.0 Å². The van der Waals surface area contributed by atoms with Gasteiger partial charge >= 0.3 is 19.8 Å². The summed E-state index contributed by atoms with van der Waals surface area (Å²) in [4.78, 5) is 35.7. The molecule has 0 aliphatic carbocycles. The summed E-state index contributed by atoms with van der Waals surface area (Å²) in [6.45, 7) is 4.18. The molecule has 422 valence electrons. The van der Waals surface area contributed by atoms with E-state index in [4.69, 9.17) is 18.5 Å². The third-order valence-corrected chi connectivity index (χ3v) is 13.0. The van der Waals surface area contributed by atoms with Crippen molar-refractivity contribution in [3.05, 3.63) is 122 Å². The predicted molar refractivity (Wildman–Crippen MR) is 316 cm³/mol. The lowest BCUT2D eigenvalue weighted by Crippen LogP contribution is -2.37. The van der Waals surface area contributed by atoms with Crippen molar-refractivity contribution >= 4 is 19.8 Å². The van der Waals surface area contributed by atoms with Crippen molar-refractivity contribution in [1.29, 1.82) is 0 Å². The average molecular weight is 1050 g/mol. The van der Waals surface area contributed by atoms with Crippen LogP contribution in [-0.2, 0) is 32.7 Å². The topological polar surface area (TPSA) is 108 Å². The van der Waals surface area contributed by atoms with Crippen LogP contribution in [-0.4, -0.2) is 74.9 Å². The minimum atomic E-state index is -4.40. The maximum Gasteiger partial charge on any atom is 0.472 e. The van der Waals surface area contributed by atoms with Crippen molar-refractivity contribution in [2.75, 3.05) is 47.5 Å². The van der Waals surface area contributed by atoms with Crippen molar-refractivity contribution in [2.24, 2.45) is 0 Å². The Hall–Kier alpha value is -3.59. The molecule has 0 aromatic heterocycles. The summed E-state index contributed by atoms with van der Waals surface area (Å²) in [5.41, 5.74) is 0. The minimum Gasteiger partial charge on any atom is -0.462 e. The van der Waals surface area contributed by atoms with Crippen LogP contribution in [0.3, 0.4) is 0 Å². The van der Waals surface area contributed by atoms with E-state index in [9.17, 15) is 19.0 Å². The van der Waals surface area contributed by atoms with Gasteiger partial charge in [-0.15, -0.1) is 0 Å². The Balaban J connectivity index is 4.16. The molecule has 0 spiro atoms. The maximum absolute atomic E-state index is 12.8. The van der Waals surface area contributed by atoms with Crippen molar-refractivity contribution in [1.82, 2.24) is 0 Å². The molecule has 0 aliphatic rings. The third kappa shape index (κ3) is 57.7. The van der Waals surface area contributed by atoms with Crippen molar-refractivity contribution in [3.63, 3.8) is 0 Å². The van der Waals surface area contributed by atoms with Crippen LogP contribution in [0.4, 0.5) is 0 Å². The van der Waals surface area contributed by atoms with Crippen LogP contribution in [0.1, 0.15) is 219 Å². The van der Waals surface area contributed by atoms with Crippen LogP contribution >= 0.6 is 7.82 Å². The van der Waals surface area contributed by atoms with Gasteiger partial charge in [-0.2, -0.15) is 0 Å². The number of hydrogen-bond acceptors (Lipinski definition) is 7. The lowest BCUT2D eigenvalue weighted by molar-refractivity contribution is -0.870. The van der Waals surface area contributed by atoms with Gasteiger partial charge in [-0.3, -0.25) is 18.6 Å². The number of unbranched alkanes of at least 4 members (excludes halogenated alkanes) is 18. The van der Waals surface area contributed by atoms with Gasteiger partial charge in [0.15, 0.2) is 6.10 Å². The Kier molecular flexibility index (Phi) is 51.6.